The van der Waals surface area contributed by atoms with E-state index in [-0.39, 0.29) is 11.8 Å². The first-order valence-electron chi connectivity index (χ1n) is 6.34. The Morgan fingerprint density at radius 1 is 1.44 bits per heavy atom. The van der Waals surface area contributed by atoms with Crippen LogP contribution in [0, 0.1) is 5.92 Å². The summed E-state index contributed by atoms with van der Waals surface area (Å²) in [5.74, 6) is 0.157. The molecule has 1 unspecified atom stereocenters. The molecule has 1 amide bonds. The summed E-state index contributed by atoms with van der Waals surface area (Å²) in [5.41, 5.74) is 0.738. The van der Waals surface area contributed by atoms with Crippen LogP contribution in [0.15, 0.2) is 22.7 Å². The van der Waals surface area contributed by atoms with Gasteiger partial charge in [-0.3, -0.25) is 4.79 Å². The van der Waals surface area contributed by atoms with E-state index in [2.05, 4.69) is 28.2 Å². The van der Waals surface area contributed by atoms with Crippen molar-refractivity contribution in [1.29, 1.82) is 0 Å². The standard InChI is InChI=1S/C14H19BrClNO/c1-3-5-6-10(4-2)14(18)17-13-9-11(16)7-8-12(13)15/h7-10H,3-6H2,1-2H3,(H,17,18). The fourth-order valence-electron chi connectivity index (χ4n) is 1.80. The van der Waals surface area contributed by atoms with E-state index < -0.39 is 0 Å². The summed E-state index contributed by atoms with van der Waals surface area (Å²) in [5, 5.41) is 3.56. The molecule has 1 atom stereocenters. The lowest BCUT2D eigenvalue weighted by Crippen LogP contribution is -2.22. The fraction of sp³-hybridized carbons (Fsp3) is 0.500. The van der Waals surface area contributed by atoms with Gasteiger partial charge in [-0.1, -0.05) is 38.3 Å². The molecule has 0 aliphatic carbocycles. The minimum Gasteiger partial charge on any atom is -0.325 e. The van der Waals surface area contributed by atoms with Crippen molar-refractivity contribution in [1.82, 2.24) is 0 Å². The van der Waals surface area contributed by atoms with Crippen molar-refractivity contribution in [3.05, 3.63) is 27.7 Å². The molecule has 100 valence electrons. The zero-order chi connectivity index (χ0) is 13.5. The molecule has 0 radical (unpaired) electrons. The van der Waals surface area contributed by atoms with Gasteiger partial charge in [0, 0.05) is 15.4 Å². The number of hydrogen-bond acceptors (Lipinski definition) is 1. The zero-order valence-electron chi connectivity index (χ0n) is 10.8. The van der Waals surface area contributed by atoms with E-state index in [1.807, 2.05) is 13.0 Å². The first-order chi connectivity index (χ1) is 8.58. The van der Waals surface area contributed by atoms with Crippen LogP contribution in [0.4, 0.5) is 5.69 Å². The molecule has 0 aliphatic heterocycles. The lowest BCUT2D eigenvalue weighted by molar-refractivity contribution is -0.120. The van der Waals surface area contributed by atoms with E-state index >= 15 is 0 Å². The molecule has 2 nitrogen and oxygen atoms in total. The van der Waals surface area contributed by atoms with Crippen LogP contribution >= 0.6 is 27.5 Å². The Morgan fingerprint density at radius 2 is 2.17 bits per heavy atom. The summed E-state index contributed by atoms with van der Waals surface area (Å²) in [6, 6.07) is 5.39. The van der Waals surface area contributed by atoms with Gasteiger partial charge in [-0.15, -0.1) is 0 Å². The highest BCUT2D eigenvalue weighted by Crippen LogP contribution is 2.27. The maximum absolute atomic E-state index is 12.1. The average molecular weight is 333 g/mol. The summed E-state index contributed by atoms with van der Waals surface area (Å²) in [4.78, 5) is 12.1. The van der Waals surface area contributed by atoms with Crippen LogP contribution in [0.3, 0.4) is 0 Å². The first kappa shape index (κ1) is 15.5. The average Bonchev–Trinajstić information content (AvgIpc) is 2.35. The second-order valence-corrected chi connectivity index (χ2v) is 5.65. The monoisotopic (exact) mass is 331 g/mol. The Balaban J connectivity index is 2.70. The van der Waals surface area contributed by atoms with Crippen LogP contribution in [0.25, 0.3) is 0 Å². The molecule has 1 aromatic carbocycles. The molecular formula is C14H19BrClNO. The van der Waals surface area contributed by atoms with Gasteiger partial charge in [0.05, 0.1) is 5.69 Å². The van der Waals surface area contributed by atoms with Crippen LogP contribution in [-0.4, -0.2) is 5.91 Å². The fourth-order valence-corrected chi connectivity index (χ4v) is 2.32. The number of benzene rings is 1. The lowest BCUT2D eigenvalue weighted by Gasteiger charge is -2.15. The number of carbonyl (C=O) groups excluding carboxylic acids is 1. The highest BCUT2D eigenvalue weighted by molar-refractivity contribution is 9.10. The molecule has 18 heavy (non-hydrogen) atoms. The van der Waals surface area contributed by atoms with Gasteiger partial charge >= 0.3 is 0 Å². The minimum atomic E-state index is 0.0777. The van der Waals surface area contributed by atoms with Gasteiger partial charge in [0.2, 0.25) is 5.91 Å². The van der Waals surface area contributed by atoms with E-state index in [1.165, 1.54) is 0 Å². The van der Waals surface area contributed by atoms with Crippen LogP contribution in [0.1, 0.15) is 39.5 Å². The van der Waals surface area contributed by atoms with Crippen LogP contribution in [0.5, 0.6) is 0 Å². The van der Waals surface area contributed by atoms with Crippen molar-refractivity contribution in [2.24, 2.45) is 5.92 Å². The molecule has 0 saturated heterocycles. The third-order valence-corrected chi connectivity index (χ3v) is 3.88. The van der Waals surface area contributed by atoms with Gasteiger partial charge in [-0.2, -0.15) is 0 Å². The second kappa shape index (κ2) is 7.80. The van der Waals surface area contributed by atoms with Crippen LogP contribution < -0.4 is 5.32 Å². The van der Waals surface area contributed by atoms with Crippen molar-refractivity contribution >= 4 is 39.1 Å². The lowest BCUT2D eigenvalue weighted by atomic mass is 9.98. The quantitative estimate of drug-likeness (QED) is 0.756. The van der Waals surface area contributed by atoms with E-state index in [9.17, 15) is 4.79 Å². The zero-order valence-corrected chi connectivity index (χ0v) is 13.1. The molecule has 0 bridgehead atoms. The largest absolute Gasteiger partial charge is 0.325 e. The van der Waals surface area contributed by atoms with Gasteiger partial charge in [0.25, 0.3) is 0 Å². The molecule has 4 heteroatoms. The van der Waals surface area contributed by atoms with E-state index in [0.29, 0.717) is 5.02 Å². The summed E-state index contributed by atoms with van der Waals surface area (Å²) < 4.78 is 0.852. The first-order valence-corrected chi connectivity index (χ1v) is 7.51. The summed E-state index contributed by atoms with van der Waals surface area (Å²) in [6.45, 7) is 4.19. The molecule has 0 aromatic heterocycles. The maximum Gasteiger partial charge on any atom is 0.227 e. The molecule has 1 rings (SSSR count). The number of rotatable bonds is 6. The molecule has 1 N–H and O–H groups in total. The predicted molar refractivity (Wildman–Crippen MR) is 81.1 cm³/mol. The second-order valence-electron chi connectivity index (χ2n) is 4.36. The third kappa shape index (κ3) is 4.62. The van der Waals surface area contributed by atoms with Crippen molar-refractivity contribution in [2.45, 2.75) is 39.5 Å². The number of nitrogens with one attached hydrogen (secondary N) is 1. The van der Waals surface area contributed by atoms with Gasteiger partial charge in [0.15, 0.2) is 0 Å². The third-order valence-electron chi connectivity index (χ3n) is 2.96. The number of carbonyl (C=O) groups is 1. The van der Waals surface area contributed by atoms with E-state index in [4.69, 9.17) is 11.6 Å². The number of unbranched alkanes of at least 4 members (excludes halogenated alkanes) is 1. The number of hydrogen-bond donors (Lipinski definition) is 1. The molecule has 0 spiro atoms. The van der Waals surface area contributed by atoms with E-state index in [0.717, 1.165) is 35.8 Å². The van der Waals surface area contributed by atoms with Crippen molar-refractivity contribution < 1.29 is 4.79 Å². The Bertz CT molecular complexity index is 409. The topological polar surface area (TPSA) is 29.1 Å². The number of halogens is 2. The van der Waals surface area contributed by atoms with Crippen molar-refractivity contribution in [2.75, 3.05) is 5.32 Å². The molecule has 1 aromatic rings. The maximum atomic E-state index is 12.1. The summed E-state index contributed by atoms with van der Waals surface area (Å²) >= 11 is 9.33. The Kier molecular flexibility index (Phi) is 6.72. The van der Waals surface area contributed by atoms with Crippen LogP contribution in [0.2, 0.25) is 5.02 Å². The van der Waals surface area contributed by atoms with Gasteiger partial charge < -0.3 is 5.32 Å². The molecular weight excluding hydrogens is 314 g/mol. The van der Waals surface area contributed by atoms with Crippen molar-refractivity contribution in [3.8, 4) is 0 Å². The normalized spacial score (nSPS) is 12.2. The number of anilines is 1. The Labute approximate surface area is 122 Å². The summed E-state index contributed by atoms with van der Waals surface area (Å²) in [6.07, 6.45) is 4.01. The van der Waals surface area contributed by atoms with Crippen molar-refractivity contribution in [3.63, 3.8) is 0 Å². The predicted octanol–water partition coefficient (Wildman–Crippen LogP) is 5.26. The number of amides is 1. The highest BCUT2D eigenvalue weighted by atomic mass is 79.9. The van der Waals surface area contributed by atoms with Gasteiger partial charge in [0.1, 0.15) is 0 Å². The molecule has 0 fully saturated rings. The van der Waals surface area contributed by atoms with E-state index in [1.54, 1.807) is 12.1 Å². The molecule has 0 aliphatic rings. The Hall–Kier alpha value is -0.540. The Morgan fingerprint density at radius 3 is 2.78 bits per heavy atom. The smallest absolute Gasteiger partial charge is 0.227 e. The van der Waals surface area contributed by atoms with Gasteiger partial charge in [-0.25, -0.2) is 0 Å². The highest BCUT2D eigenvalue weighted by Gasteiger charge is 2.16. The minimum absolute atomic E-state index is 0.0777. The molecule has 0 saturated carbocycles. The van der Waals surface area contributed by atoms with Gasteiger partial charge in [-0.05, 0) is 47.0 Å². The summed E-state index contributed by atoms with van der Waals surface area (Å²) in [7, 11) is 0. The molecule has 0 heterocycles. The van der Waals surface area contributed by atoms with Crippen LogP contribution in [-0.2, 0) is 4.79 Å². The SMILES string of the molecule is CCCCC(CC)C(=O)Nc1cc(Cl)ccc1Br.